The number of thiazole rings is 1. The molecule has 1 rings (SSSR count). The van der Waals surface area contributed by atoms with Gasteiger partial charge in [0, 0.05) is 18.3 Å². The van der Waals surface area contributed by atoms with Gasteiger partial charge in [0.2, 0.25) is 0 Å². The fourth-order valence-corrected chi connectivity index (χ4v) is 2.15. The van der Waals surface area contributed by atoms with Crippen LogP contribution in [0.5, 0.6) is 0 Å². The van der Waals surface area contributed by atoms with Crippen molar-refractivity contribution in [1.82, 2.24) is 10.3 Å². The van der Waals surface area contributed by atoms with Crippen LogP contribution >= 0.6 is 11.3 Å². The molecule has 0 amide bonds. The molecule has 0 atom stereocenters. The fourth-order valence-electron chi connectivity index (χ4n) is 1.37. The van der Waals surface area contributed by atoms with Crippen LogP contribution in [0.3, 0.4) is 0 Å². The summed E-state index contributed by atoms with van der Waals surface area (Å²) < 4.78 is 28.5. The first-order chi connectivity index (χ1) is 8.58. The molecule has 18 heavy (non-hydrogen) atoms. The summed E-state index contributed by atoms with van der Waals surface area (Å²) in [7, 11) is 0. The lowest BCUT2D eigenvalue weighted by Crippen LogP contribution is -2.19. The number of nitrogens with one attached hydrogen (secondary N) is 1. The third-order valence-corrected chi connectivity index (χ3v) is 3.12. The largest absolute Gasteiger partial charge is 0.375 e. The van der Waals surface area contributed by atoms with Crippen LogP contribution in [0, 0.1) is 5.92 Å². The average Bonchev–Trinajstić information content (AvgIpc) is 2.72. The molecule has 0 aliphatic carbocycles. The molecule has 0 saturated carbocycles. The summed E-state index contributed by atoms with van der Waals surface area (Å²) in [4.78, 5) is 4.41. The Kier molecular flexibility index (Phi) is 7.31. The van der Waals surface area contributed by atoms with Crippen LogP contribution in [0.15, 0.2) is 5.38 Å². The van der Waals surface area contributed by atoms with E-state index < -0.39 is 13.0 Å². The van der Waals surface area contributed by atoms with Gasteiger partial charge in [-0.25, -0.2) is 13.8 Å². The second-order valence-electron chi connectivity index (χ2n) is 4.47. The Morgan fingerprint density at radius 2 is 2.22 bits per heavy atom. The van der Waals surface area contributed by atoms with Crippen LogP contribution in [-0.4, -0.2) is 31.2 Å². The zero-order valence-electron chi connectivity index (χ0n) is 10.8. The van der Waals surface area contributed by atoms with E-state index in [1.54, 1.807) is 11.3 Å². The van der Waals surface area contributed by atoms with E-state index in [0.29, 0.717) is 18.9 Å². The van der Waals surface area contributed by atoms with Gasteiger partial charge < -0.3 is 10.1 Å². The first kappa shape index (κ1) is 15.5. The molecule has 0 aliphatic heterocycles. The summed E-state index contributed by atoms with van der Waals surface area (Å²) in [5, 5.41) is 6.24. The lowest BCUT2D eigenvalue weighted by Gasteiger charge is -2.04. The van der Waals surface area contributed by atoms with Gasteiger partial charge in [-0.3, -0.25) is 0 Å². The van der Waals surface area contributed by atoms with E-state index in [-0.39, 0.29) is 0 Å². The Labute approximate surface area is 111 Å². The van der Waals surface area contributed by atoms with Gasteiger partial charge in [0.15, 0.2) is 0 Å². The molecular weight excluding hydrogens is 258 g/mol. The van der Waals surface area contributed by atoms with E-state index in [4.69, 9.17) is 4.74 Å². The maximum atomic E-state index is 11.8. The molecule has 0 aliphatic rings. The van der Waals surface area contributed by atoms with Crippen LogP contribution in [0.2, 0.25) is 0 Å². The standard InChI is InChI=1S/C12H20F2N2OS/c1-9(2)5-15-6-10-8-18-12(16-10)3-4-17-7-11(13)14/h8-9,11,15H,3-7H2,1-2H3. The molecule has 1 heterocycles. The molecule has 1 N–H and O–H groups in total. The third-order valence-electron chi connectivity index (χ3n) is 2.16. The van der Waals surface area contributed by atoms with Gasteiger partial charge >= 0.3 is 0 Å². The zero-order valence-corrected chi connectivity index (χ0v) is 11.6. The van der Waals surface area contributed by atoms with Crippen molar-refractivity contribution in [2.45, 2.75) is 33.2 Å². The number of nitrogens with zero attached hydrogens (tertiary/aromatic N) is 1. The van der Waals surface area contributed by atoms with Crippen LogP contribution in [-0.2, 0) is 17.7 Å². The topological polar surface area (TPSA) is 34.1 Å². The van der Waals surface area contributed by atoms with Crippen molar-refractivity contribution >= 4 is 11.3 Å². The maximum Gasteiger partial charge on any atom is 0.261 e. The van der Waals surface area contributed by atoms with Gasteiger partial charge in [-0.2, -0.15) is 0 Å². The van der Waals surface area contributed by atoms with Crippen molar-refractivity contribution < 1.29 is 13.5 Å². The Morgan fingerprint density at radius 1 is 1.44 bits per heavy atom. The Hall–Kier alpha value is -0.590. The molecule has 104 valence electrons. The van der Waals surface area contributed by atoms with Crippen molar-refractivity contribution in [3.05, 3.63) is 16.1 Å². The number of rotatable bonds is 9. The summed E-state index contributed by atoms with van der Waals surface area (Å²) in [5.41, 5.74) is 1.00. The predicted molar refractivity (Wildman–Crippen MR) is 69.2 cm³/mol. The van der Waals surface area contributed by atoms with Gasteiger partial charge in [0.1, 0.15) is 6.61 Å². The normalized spacial score (nSPS) is 11.7. The molecular formula is C12H20F2N2OS. The predicted octanol–water partition coefficient (Wildman–Crippen LogP) is 2.71. The molecule has 0 fully saturated rings. The fraction of sp³-hybridized carbons (Fsp3) is 0.750. The van der Waals surface area contributed by atoms with E-state index in [1.165, 1.54) is 0 Å². The average molecular weight is 278 g/mol. The number of halogens is 2. The molecule has 0 bridgehead atoms. The summed E-state index contributed by atoms with van der Waals surface area (Å²) in [6, 6.07) is 0. The summed E-state index contributed by atoms with van der Waals surface area (Å²) in [6.45, 7) is 5.83. The second-order valence-corrected chi connectivity index (χ2v) is 5.42. The van der Waals surface area contributed by atoms with Gasteiger partial charge in [-0.1, -0.05) is 13.8 Å². The van der Waals surface area contributed by atoms with Crippen molar-refractivity contribution in [1.29, 1.82) is 0 Å². The molecule has 0 aromatic carbocycles. The minimum Gasteiger partial charge on any atom is -0.375 e. The quantitative estimate of drug-likeness (QED) is 0.705. The number of hydrogen-bond donors (Lipinski definition) is 1. The van der Waals surface area contributed by atoms with Gasteiger partial charge in [0.25, 0.3) is 6.43 Å². The molecule has 6 heteroatoms. The highest BCUT2D eigenvalue weighted by Crippen LogP contribution is 2.10. The monoisotopic (exact) mass is 278 g/mol. The highest BCUT2D eigenvalue weighted by molar-refractivity contribution is 7.09. The first-order valence-corrected chi connectivity index (χ1v) is 6.95. The summed E-state index contributed by atoms with van der Waals surface area (Å²) in [6.07, 6.45) is -1.79. The molecule has 0 unspecified atom stereocenters. The molecule has 1 aromatic heterocycles. The SMILES string of the molecule is CC(C)CNCc1csc(CCOCC(F)F)n1. The Morgan fingerprint density at radius 3 is 2.89 bits per heavy atom. The first-order valence-electron chi connectivity index (χ1n) is 6.07. The lowest BCUT2D eigenvalue weighted by atomic mass is 10.2. The molecule has 3 nitrogen and oxygen atoms in total. The van der Waals surface area contributed by atoms with Crippen LogP contribution in [0.4, 0.5) is 8.78 Å². The molecule has 0 radical (unpaired) electrons. The maximum absolute atomic E-state index is 11.8. The molecule has 0 spiro atoms. The Balaban J connectivity index is 2.17. The molecule has 0 saturated heterocycles. The number of aromatic nitrogens is 1. The van der Waals surface area contributed by atoms with Crippen molar-refractivity contribution in [3.63, 3.8) is 0 Å². The zero-order chi connectivity index (χ0) is 13.4. The van der Waals surface area contributed by atoms with Crippen molar-refractivity contribution in [3.8, 4) is 0 Å². The van der Waals surface area contributed by atoms with Crippen molar-refractivity contribution in [2.75, 3.05) is 19.8 Å². The van der Waals surface area contributed by atoms with E-state index in [1.807, 2.05) is 5.38 Å². The number of alkyl halides is 2. The number of ether oxygens (including phenoxy) is 1. The van der Waals surface area contributed by atoms with E-state index in [0.717, 1.165) is 23.8 Å². The third kappa shape index (κ3) is 6.98. The van der Waals surface area contributed by atoms with Gasteiger partial charge in [-0.05, 0) is 12.5 Å². The lowest BCUT2D eigenvalue weighted by molar-refractivity contribution is 0.0187. The second kappa shape index (κ2) is 8.50. The summed E-state index contributed by atoms with van der Waals surface area (Å²) in [5.74, 6) is 0.617. The van der Waals surface area contributed by atoms with E-state index in [9.17, 15) is 8.78 Å². The highest BCUT2D eigenvalue weighted by Gasteiger charge is 2.04. The smallest absolute Gasteiger partial charge is 0.261 e. The van der Waals surface area contributed by atoms with Crippen LogP contribution in [0.25, 0.3) is 0 Å². The van der Waals surface area contributed by atoms with Crippen LogP contribution in [0.1, 0.15) is 24.5 Å². The van der Waals surface area contributed by atoms with E-state index >= 15 is 0 Å². The minimum absolute atomic E-state index is 0.302. The number of hydrogen-bond acceptors (Lipinski definition) is 4. The summed E-state index contributed by atoms with van der Waals surface area (Å²) >= 11 is 1.55. The minimum atomic E-state index is -2.39. The molecule has 1 aromatic rings. The van der Waals surface area contributed by atoms with Gasteiger partial charge in [-0.15, -0.1) is 11.3 Å². The Bertz CT molecular complexity index is 332. The van der Waals surface area contributed by atoms with Crippen LogP contribution < -0.4 is 5.32 Å². The van der Waals surface area contributed by atoms with Crippen molar-refractivity contribution in [2.24, 2.45) is 5.92 Å². The highest BCUT2D eigenvalue weighted by atomic mass is 32.1. The van der Waals surface area contributed by atoms with E-state index in [2.05, 4.69) is 24.1 Å². The van der Waals surface area contributed by atoms with Gasteiger partial charge in [0.05, 0.1) is 17.3 Å².